The van der Waals surface area contributed by atoms with Gasteiger partial charge in [-0.3, -0.25) is 9.48 Å². The van der Waals surface area contributed by atoms with Gasteiger partial charge in [0, 0.05) is 18.3 Å². The zero-order valence-corrected chi connectivity index (χ0v) is 9.20. The first kappa shape index (κ1) is 10.8. The number of halogens is 2. The number of carbonyl (C=O) groups is 1. The highest BCUT2D eigenvalue weighted by Crippen LogP contribution is 2.17. The number of aromatic nitrogens is 2. The summed E-state index contributed by atoms with van der Waals surface area (Å²) in [6, 6.07) is 5.50. The van der Waals surface area contributed by atoms with Crippen LogP contribution in [-0.4, -0.2) is 15.6 Å². The van der Waals surface area contributed by atoms with Crippen LogP contribution >= 0.6 is 11.6 Å². The summed E-state index contributed by atoms with van der Waals surface area (Å²) in [7, 11) is 1.63. The van der Waals surface area contributed by atoms with E-state index in [2.05, 4.69) is 5.10 Å². The van der Waals surface area contributed by atoms with E-state index in [9.17, 15) is 9.18 Å². The molecule has 1 aromatic carbocycles. The lowest BCUT2D eigenvalue weighted by Gasteiger charge is -2.03. The van der Waals surface area contributed by atoms with E-state index in [1.807, 2.05) is 0 Å². The van der Waals surface area contributed by atoms with Crippen LogP contribution in [0.3, 0.4) is 0 Å². The fraction of sp³-hybridized carbons (Fsp3) is 0.0909. The molecule has 16 heavy (non-hydrogen) atoms. The van der Waals surface area contributed by atoms with Gasteiger partial charge in [-0.15, -0.1) is 0 Å². The minimum Gasteiger partial charge on any atom is -0.287 e. The highest BCUT2D eigenvalue weighted by molar-refractivity contribution is 6.30. The van der Waals surface area contributed by atoms with Crippen LogP contribution in [-0.2, 0) is 7.05 Å². The van der Waals surface area contributed by atoms with Gasteiger partial charge in [0.2, 0.25) is 5.78 Å². The summed E-state index contributed by atoms with van der Waals surface area (Å²) in [5, 5.41) is 4.12. The normalized spacial score (nSPS) is 10.4. The molecule has 2 aromatic rings. The Bertz CT molecular complexity index is 551. The maximum absolute atomic E-state index is 13.5. The minimum absolute atomic E-state index is 0.00648. The Labute approximate surface area is 96.5 Å². The van der Waals surface area contributed by atoms with E-state index >= 15 is 0 Å². The number of hydrogen-bond donors (Lipinski definition) is 0. The minimum atomic E-state index is -0.626. The molecule has 1 heterocycles. The Kier molecular flexibility index (Phi) is 2.75. The standard InChI is InChI=1S/C11H8ClFN2O/c1-15-10(4-5-14-15)11(16)8-3-2-7(12)6-9(8)13/h2-6H,1H3. The Morgan fingerprint density at radius 1 is 1.44 bits per heavy atom. The third-order valence-electron chi connectivity index (χ3n) is 2.23. The van der Waals surface area contributed by atoms with Crippen molar-refractivity contribution in [2.75, 3.05) is 0 Å². The molecule has 0 unspecified atom stereocenters. The largest absolute Gasteiger partial charge is 0.287 e. The molecule has 0 bridgehead atoms. The molecule has 0 spiro atoms. The van der Waals surface area contributed by atoms with Crippen molar-refractivity contribution in [2.24, 2.45) is 7.05 Å². The Hall–Kier alpha value is -1.68. The third-order valence-corrected chi connectivity index (χ3v) is 2.46. The van der Waals surface area contributed by atoms with Crippen molar-refractivity contribution >= 4 is 17.4 Å². The first-order chi connectivity index (χ1) is 7.59. The van der Waals surface area contributed by atoms with Crippen LogP contribution < -0.4 is 0 Å². The number of ketones is 1. The zero-order chi connectivity index (χ0) is 11.7. The lowest BCUT2D eigenvalue weighted by molar-refractivity contribution is 0.102. The summed E-state index contributed by atoms with van der Waals surface area (Å²) in [4.78, 5) is 11.9. The van der Waals surface area contributed by atoms with Gasteiger partial charge in [-0.25, -0.2) is 4.39 Å². The van der Waals surface area contributed by atoms with Gasteiger partial charge in [-0.2, -0.15) is 5.10 Å². The molecule has 2 rings (SSSR count). The van der Waals surface area contributed by atoms with Gasteiger partial charge < -0.3 is 0 Å². The van der Waals surface area contributed by atoms with E-state index in [0.717, 1.165) is 6.07 Å². The van der Waals surface area contributed by atoms with Crippen molar-refractivity contribution < 1.29 is 9.18 Å². The smallest absolute Gasteiger partial charge is 0.213 e. The van der Waals surface area contributed by atoms with Crippen molar-refractivity contribution in [3.05, 3.63) is 52.6 Å². The molecule has 0 saturated carbocycles. The summed E-state index contributed by atoms with van der Waals surface area (Å²) in [6.45, 7) is 0. The van der Waals surface area contributed by atoms with E-state index in [1.165, 1.54) is 29.1 Å². The number of carbonyl (C=O) groups excluding carboxylic acids is 1. The molecule has 5 heteroatoms. The molecule has 0 aliphatic rings. The Morgan fingerprint density at radius 3 is 2.75 bits per heavy atom. The van der Waals surface area contributed by atoms with Gasteiger partial charge in [0.1, 0.15) is 11.5 Å². The van der Waals surface area contributed by atoms with Crippen molar-refractivity contribution in [3.63, 3.8) is 0 Å². The quantitative estimate of drug-likeness (QED) is 0.754. The molecule has 0 saturated heterocycles. The number of nitrogens with zero attached hydrogens (tertiary/aromatic N) is 2. The maximum Gasteiger partial charge on any atom is 0.213 e. The number of hydrogen-bond acceptors (Lipinski definition) is 2. The predicted octanol–water partition coefficient (Wildman–Crippen LogP) is 2.44. The van der Waals surface area contributed by atoms with Gasteiger partial charge in [0.05, 0.1) is 5.56 Å². The molecule has 1 aromatic heterocycles. The monoisotopic (exact) mass is 238 g/mol. The molecule has 0 fully saturated rings. The van der Waals surface area contributed by atoms with Crippen LogP contribution in [0.15, 0.2) is 30.5 Å². The fourth-order valence-corrected chi connectivity index (χ4v) is 1.57. The first-order valence-electron chi connectivity index (χ1n) is 4.57. The van der Waals surface area contributed by atoms with Crippen molar-refractivity contribution in [3.8, 4) is 0 Å². The Morgan fingerprint density at radius 2 is 2.19 bits per heavy atom. The summed E-state index contributed by atoms with van der Waals surface area (Å²) in [5.41, 5.74) is 0.328. The van der Waals surface area contributed by atoms with Crippen molar-refractivity contribution in [1.82, 2.24) is 9.78 Å². The molecule has 0 N–H and O–H groups in total. The molecule has 82 valence electrons. The number of benzene rings is 1. The van der Waals surface area contributed by atoms with E-state index in [4.69, 9.17) is 11.6 Å². The van der Waals surface area contributed by atoms with E-state index < -0.39 is 11.6 Å². The second kappa shape index (κ2) is 4.06. The summed E-state index contributed by atoms with van der Waals surface area (Å²) >= 11 is 5.61. The van der Waals surface area contributed by atoms with E-state index in [1.54, 1.807) is 7.05 Å². The van der Waals surface area contributed by atoms with Gasteiger partial charge in [-0.1, -0.05) is 11.6 Å². The number of aryl methyl sites for hydroxylation is 1. The van der Waals surface area contributed by atoms with Crippen LogP contribution in [0.4, 0.5) is 4.39 Å². The van der Waals surface area contributed by atoms with Crippen molar-refractivity contribution in [1.29, 1.82) is 0 Å². The van der Waals surface area contributed by atoms with Crippen LogP contribution in [0.2, 0.25) is 5.02 Å². The molecule has 0 aliphatic carbocycles. The summed E-state index contributed by atoms with van der Waals surface area (Å²) < 4.78 is 14.9. The van der Waals surface area contributed by atoms with Crippen molar-refractivity contribution in [2.45, 2.75) is 0 Å². The zero-order valence-electron chi connectivity index (χ0n) is 8.45. The summed E-state index contributed by atoms with van der Waals surface area (Å²) in [5.74, 6) is -1.03. The average molecular weight is 239 g/mol. The lowest BCUT2D eigenvalue weighted by atomic mass is 10.1. The highest BCUT2D eigenvalue weighted by atomic mass is 35.5. The molecule has 0 radical (unpaired) electrons. The number of rotatable bonds is 2. The third kappa shape index (κ3) is 1.84. The van der Waals surface area contributed by atoms with Crippen LogP contribution in [0.5, 0.6) is 0 Å². The summed E-state index contributed by atoms with van der Waals surface area (Å²) in [6.07, 6.45) is 1.49. The van der Waals surface area contributed by atoms with Crippen LogP contribution in [0.1, 0.15) is 16.1 Å². The van der Waals surface area contributed by atoms with E-state index in [-0.39, 0.29) is 10.6 Å². The van der Waals surface area contributed by atoms with Crippen LogP contribution in [0.25, 0.3) is 0 Å². The highest BCUT2D eigenvalue weighted by Gasteiger charge is 2.16. The molecule has 0 amide bonds. The molecular formula is C11H8ClFN2O. The van der Waals surface area contributed by atoms with Gasteiger partial charge in [-0.05, 0) is 24.3 Å². The van der Waals surface area contributed by atoms with Gasteiger partial charge in [0.25, 0.3) is 0 Å². The maximum atomic E-state index is 13.5. The molecule has 0 atom stereocenters. The van der Waals surface area contributed by atoms with Gasteiger partial charge in [0.15, 0.2) is 0 Å². The average Bonchev–Trinajstić information content (AvgIpc) is 2.63. The Balaban J connectivity index is 2.46. The van der Waals surface area contributed by atoms with Gasteiger partial charge >= 0.3 is 0 Å². The van der Waals surface area contributed by atoms with Crippen LogP contribution in [0, 0.1) is 5.82 Å². The predicted molar refractivity (Wildman–Crippen MR) is 58.1 cm³/mol. The SMILES string of the molecule is Cn1nccc1C(=O)c1ccc(Cl)cc1F. The second-order valence-electron chi connectivity index (χ2n) is 3.29. The lowest BCUT2D eigenvalue weighted by Crippen LogP contribution is -2.09. The van der Waals surface area contributed by atoms with E-state index in [0.29, 0.717) is 5.69 Å². The fourth-order valence-electron chi connectivity index (χ4n) is 1.41. The topological polar surface area (TPSA) is 34.9 Å². The molecule has 0 aliphatic heterocycles. The molecule has 3 nitrogen and oxygen atoms in total. The first-order valence-corrected chi connectivity index (χ1v) is 4.95. The second-order valence-corrected chi connectivity index (χ2v) is 3.73. The molecular weight excluding hydrogens is 231 g/mol.